The average Bonchev–Trinajstić information content (AvgIpc) is 3.13. The zero-order valence-corrected chi connectivity index (χ0v) is 11.7. The van der Waals surface area contributed by atoms with Crippen molar-refractivity contribution in [1.82, 2.24) is 19.8 Å². The third kappa shape index (κ3) is 2.07. The van der Waals surface area contributed by atoms with Crippen LogP contribution >= 0.6 is 11.3 Å². The molecule has 8 heteroatoms. The summed E-state index contributed by atoms with van der Waals surface area (Å²) < 4.78 is 20.9. The fourth-order valence-corrected chi connectivity index (χ4v) is 3.28. The van der Waals surface area contributed by atoms with Crippen LogP contribution in [0.2, 0.25) is 0 Å². The maximum Gasteiger partial charge on any atom is 0.234 e. The van der Waals surface area contributed by atoms with Crippen molar-refractivity contribution in [2.75, 3.05) is 13.2 Å². The molecule has 1 saturated heterocycles. The molecule has 0 bridgehead atoms. The van der Waals surface area contributed by atoms with Gasteiger partial charge in [0.2, 0.25) is 4.96 Å². The Kier molecular flexibility index (Phi) is 2.86. The van der Waals surface area contributed by atoms with E-state index in [1.54, 1.807) is 4.52 Å². The zero-order valence-electron chi connectivity index (χ0n) is 10.9. The van der Waals surface area contributed by atoms with E-state index in [1.807, 2.05) is 0 Å². The van der Waals surface area contributed by atoms with Crippen LogP contribution in [0.25, 0.3) is 15.5 Å². The summed E-state index contributed by atoms with van der Waals surface area (Å²) in [4.78, 5) is 0.624. The van der Waals surface area contributed by atoms with E-state index in [4.69, 9.17) is 4.74 Å². The van der Waals surface area contributed by atoms with E-state index in [0.29, 0.717) is 28.7 Å². The predicted molar refractivity (Wildman–Crippen MR) is 73.9 cm³/mol. The quantitative estimate of drug-likeness (QED) is 0.786. The Balaban J connectivity index is 1.80. The van der Waals surface area contributed by atoms with E-state index >= 15 is 0 Å². The van der Waals surface area contributed by atoms with Crippen LogP contribution in [-0.2, 0) is 4.74 Å². The Bertz CT molecular complexity index is 810. The first-order chi connectivity index (χ1) is 10.2. The van der Waals surface area contributed by atoms with Crippen LogP contribution in [0.4, 0.5) is 4.39 Å². The molecule has 4 rings (SSSR count). The van der Waals surface area contributed by atoms with Crippen LogP contribution in [0.15, 0.2) is 18.2 Å². The highest BCUT2D eigenvalue weighted by Crippen LogP contribution is 2.31. The topological polar surface area (TPSA) is 72.5 Å². The third-order valence-corrected chi connectivity index (χ3v) is 4.42. The molecule has 1 aromatic carbocycles. The van der Waals surface area contributed by atoms with Crippen molar-refractivity contribution in [2.24, 2.45) is 0 Å². The number of halogens is 1. The van der Waals surface area contributed by atoms with Crippen molar-refractivity contribution in [3.05, 3.63) is 29.8 Å². The van der Waals surface area contributed by atoms with Gasteiger partial charge in [0.05, 0.1) is 6.61 Å². The monoisotopic (exact) mass is 306 g/mol. The molecule has 21 heavy (non-hydrogen) atoms. The predicted octanol–water partition coefficient (Wildman–Crippen LogP) is 2.20. The van der Waals surface area contributed by atoms with Gasteiger partial charge in [-0.25, -0.2) is 4.39 Å². The molecular formula is C13H11FN4O2S. The minimum Gasteiger partial charge on any atom is -0.508 e. The van der Waals surface area contributed by atoms with Gasteiger partial charge in [-0.05, 0) is 18.6 Å². The van der Waals surface area contributed by atoms with Gasteiger partial charge in [0.25, 0.3) is 0 Å². The van der Waals surface area contributed by atoms with Gasteiger partial charge in [0, 0.05) is 24.2 Å². The molecule has 3 aromatic rings. The van der Waals surface area contributed by atoms with Crippen molar-refractivity contribution in [3.8, 4) is 16.3 Å². The number of aromatic nitrogens is 4. The highest BCUT2D eigenvalue weighted by atomic mass is 32.1. The number of aromatic hydroxyl groups is 1. The zero-order chi connectivity index (χ0) is 14.4. The molecule has 108 valence electrons. The normalized spacial score (nSPS) is 18.6. The van der Waals surface area contributed by atoms with E-state index < -0.39 is 5.82 Å². The minimum atomic E-state index is -0.509. The Hall–Kier alpha value is -2.06. The molecule has 2 aromatic heterocycles. The second-order valence-corrected chi connectivity index (χ2v) is 5.84. The number of phenolic OH excluding ortho intramolecular Hbond substituents is 1. The highest BCUT2D eigenvalue weighted by Gasteiger charge is 2.25. The van der Waals surface area contributed by atoms with Crippen molar-refractivity contribution in [3.63, 3.8) is 0 Å². The number of phenols is 1. The van der Waals surface area contributed by atoms with Gasteiger partial charge in [-0.2, -0.15) is 9.61 Å². The fraction of sp³-hybridized carbons (Fsp3) is 0.308. The van der Waals surface area contributed by atoms with E-state index in [9.17, 15) is 9.50 Å². The molecule has 0 aliphatic carbocycles. The minimum absolute atomic E-state index is 0.108. The van der Waals surface area contributed by atoms with Crippen LogP contribution in [0, 0.1) is 5.82 Å². The Morgan fingerprint density at radius 2 is 2.29 bits per heavy atom. The summed E-state index contributed by atoms with van der Waals surface area (Å²) in [5.74, 6) is 0.317. The first kappa shape index (κ1) is 12.7. The maximum absolute atomic E-state index is 13.9. The van der Waals surface area contributed by atoms with Gasteiger partial charge in [-0.15, -0.1) is 10.2 Å². The molecule has 6 nitrogen and oxygen atoms in total. The molecule has 1 fully saturated rings. The molecule has 1 atom stereocenters. The lowest BCUT2D eigenvalue weighted by Crippen LogP contribution is -2.04. The molecule has 0 saturated carbocycles. The highest BCUT2D eigenvalue weighted by molar-refractivity contribution is 7.19. The summed E-state index contributed by atoms with van der Waals surface area (Å²) in [6, 6.07) is 4.02. The number of hydrogen-bond donors (Lipinski definition) is 1. The van der Waals surface area contributed by atoms with Crippen molar-refractivity contribution < 1.29 is 14.2 Å². The maximum atomic E-state index is 13.9. The molecular weight excluding hydrogens is 295 g/mol. The van der Waals surface area contributed by atoms with Gasteiger partial charge < -0.3 is 9.84 Å². The summed E-state index contributed by atoms with van der Waals surface area (Å²) >= 11 is 1.27. The van der Waals surface area contributed by atoms with Crippen LogP contribution in [0.1, 0.15) is 18.2 Å². The summed E-state index contributed by atoms with van der Waals surface area (Å²) in [6.45, 7) is 1.32. The van der Waals surface area contributed by atoms with Crippen molar-refractivity contribution >= 4 is 16.3 Å². The Morgan fingerprint density at radius 3 is 3.05 bits per heavy atom. The van der Waals surface area contributed by atoms with E-state index in [0.717, 1.165) is 18.3 Å². The van der Waals surface area contributed by atoms with Crippen molar-refractivity contribution in [2.45, 2.75) is 12.3 Å². The second kappa shape index (κ2) is 4.74. The molecule has 0 radical (unpaired) electrons. The van der Waals surface area contributed by atoms with E-state index in [-0.39, 0.29) is 11.7 Å². The molecule has 1 N–H and O–H groups in total. The summed E-state index contributed by atoms with van der Waals surface area (Å²) in [6.07, 6.45) is 0.890. The lowest BCUT2D eigenvalue weighted by Gasteiger charge is -2.02. The molecule has 0 amide bonds. The number of nitrogens with zero attached hydrogens (tertiary/aromatic N) is 4. The summed E-state index contributed by atoms with van der Waals surface area (Å²) in [5, 5.41) is 22.5. The van der Waals surface area contributed by atoms with Gasteiger partial charge in [0.1, 0.15) is 11.6 Å². The van der Waals surface area contributed by atoms with Crippen LogP contribution < -0.4 is 0 Å². The number of benzene rings is 1. The second-order valence-electron chi connectivity index (χ2n) is 4.88. The lowest BCUT2D eigenvalue weighted by molar-refractivity contribution is 0.193. The largest absolute Gasteiger partial charge is 0.508 e. The number of ether oxygens (including phenoxy) is 1. The molecule has 1 aliphatic rings. The third-order valence-electron chi connectivity index (χ3n) is 3.49. The summed E-state index contributed by atoms with van der Waals surface area (Å²) in [7, 11) is 0. The van der Waals surface area contributed by atoms with Crippen LogP contribution in [0.5, 0.6) is 5.75 Å². The Morgan fingerprint density at radius 1 is 1.38 bits per heavy atom. The number of fused-ring (bicyclic) bond motifs is 1. The van der Waals surface area contributed by atoms with Gasteiger partial charge in [-0.3, -0.25) is 0 Å². The van der Waals surface area contributed by atoms with Gasteiger partial charge >= 0.3 is 0 Å². The first-order valence-corrected chi connectivity index (χ1v) is 7.33. The fourth-order valence-electron chi connectivity index (χ4n) is 2.41. The molecule has 3 heterocycles. The smallest absolute Gasteiger partial charge is 0.234 e. The van der Waals surface area contributed by atoms with Crippen LogP contribution in [-0.4, -0.2) is 38.1 Å². The van der Waals surface area contributed by atoms with Crippen LogP contribution in [0.3, 0.4) is 0 Å². The van der Waals surface area contributed by atoms with Crippen molar-refractivity contribution in [1.29, 1.82) is 0 Å². The number of rotatable bonds is 2. The first-order valence-electron chi connectivity index (χ1n) is 6.51. The van der Waals surface area contributed by atoms with E-state index in [1.165, 1.54) is 23.5 Å². The van der Waals surface area contributed by atoms with E-state index in [2.05, 4.69) is 15.3 Å². The standard InChI is InChI=1S/C13H11FN4O2S/c14-10-5-8(19)1-2-9(10)12-17-18-11(7-3-4-20-6-7)15-16-13(18)21-12/h1-2,5,7,19H,3-4,6H2. The summed E-state index contributed by atoms with van der Waals surface area (Å²) in [5.41, 5.74) is 0.344. The SMILES string of the molecule is Oc1ccc(-c2nn3c(C4CCOC4)nnc3s2)c(F)c1. The molecule has 0 spiro atoms. The number of hydrogen-bond acceptors (Lipinski definition) is 6. The lowest BCUT2D eigenvalue weighted by atomic mass is 10.1. The average molecular weight is 306 g/mol. The van der Waals surface area contributed by atoms with Gasteiger partial charge in [-0.1, -0.05) is 11.3 Å². The molecule has 1 unspecified atom stereocenters. The van der Waals surface area contributed by atoms with Gasteiger partial charge in [0.15, 0.2) is 10.8 Å². The Labute approximate surface area is 122 Å². The molecule has 1 aliphatic heterocycles.